The maximum atomic E-state index is 9.08. The van der Waals surface area contributed by atoms with Gasteiger partial charge >= 0.3 is 0 Å². The molecule has 1 saturated carbocycles. The van der Waals surface area contributed by atoms with E-state index in [9.17, 15) is 0 Å². The fraction of sp³-hybridized carbons (Fsp3) is 0.647. The van der Waals surface area contributed by atoms with Crippen LogP contribution in [0.25, 0.3) is 0 Å². The zero-order valence-electron chi connectivity index (χ0n) is 12.3. The second-order valence-electron chi connectivity index (χ2n) is 6.00. The summed E-state index contributed by atoms with van der Waals surface area (Å²) in [6, 6.07) is 8.88. The summed E-state index contributed by atoms with van der Waals surface area (Å²) in [5.41, 5.74) is 1.37. The molecule has 0 bridgehead atoms. The highest BCUT2D eigenvalue weighted by Crippen LogP contribution is 2.37. The minimum atomic E-state index is 0.308. The summed E-state index contributed by atoms with van der Waals surface area (Å²) in [7, 11) is 0. The van der Waals surface area contributed by atoms with E-state index in [-0.39, 0.29) is 0 Å². The summed E-state index contributed by atoms with van der Waals surface area (Å²) in [6.45, 7) is 3.56. The Bertz CT molecular complexity index is 398. The van der Waals surface area contributed by atoms with Gasteiger partial charge in [-0.3, -0.25) is 0 Å². The van der Waals surface area contributed by atoms with Crippen molar-refractivity contribution in [3.8, 4) is 0 Å². The van der Waals surface area contributed by atoms with Gasteiger partial charge in [-0.1, -0.05) is 37.1 Å². The van der Waals surface area contributed by atoms with Crippen LogP contribution in [0.15, 0.2) is 24.3 Å². The largest absolute Gasteiger partial charge is 0.396 e. The van der Waals surface area contributed by atoms with Crippen molar-refractivity contribution in [2.24, 2.45) is 5.92 Å². The number of halogens is 1. The third kappa shape index (κ3) is 4.47. The van der Waals surface area contributed by atoms with Gasteiger partial charge in [0.2, 0.25) is 0 Å². The van der Waals surface area contributed by atoms with Crippen LogP contribution in [0.3, 0.4) is 0 Å². The van der Waals surface area contributed by atoms with Crippen LogP contribution in [-0.2, 0) is 0 Å². The number of hydrogen-bond acceptors (Lipinski definition) is 2. The van der Waals surface area contributed by atoms with Gasteiger partial charge in [-0.15, -0.1) is 0 Å². The molecule has 0 saturated heterocycles. The van der Waals surface area contributed by atoms with Gasteiger partial charge in [0.05, 0.1) is 0 Å². The normalized spacial score (nSPS) is 23.4. The summed E-state index contributed by atoms with van der Waals surface area (Å²) in [5.74, 6) is 1.28. The maximum Gasteiger partial charge on any atom is 0.0434 e. The topological polar surface area (TPSA) is 32.3 Å². The summed E-state index contributed by atoms with van der Waals surface area (Å²) in [6.07, 6.45) is 5.74. The highest BCUT2D eigenvalue weighted by Gasteiger charge is 2.30. The lowest BCUT2D eigenvalue weighted by molar-refractivity contribution is 0.228. The van der Waals surface area contributed by atoms with E-state index in [0.29, 0.717) is 24.5 Å². The first-order chi connectivity index (χ1) is 9.72. The summed E-state index contributed by atoms with van der Waals surface area (Å²) in [5, 5.41) is 13.6. The van der Waals surface area contributed by atoms with Crippen LogP contribution in [-0.4, -0.2) is 24.3 Å². The maximum absolute atomic E-state index is 9.08. The molecule has 1 aliphatic rings. The van der Waals surface area contributed by atoms with Crippen molar-refractivity contribution in [2.45, 2.75) is 51.0 Å². The Labute approximate surface area is 127 Å². The number of nitrogens with one attached hydrogen (secondary N) is 1. The van der Waals surface area contributed by atoms with Crippen LogP contribution < -0.4 is 5.32 Å². The van der Waals surface area contributed by atoms with Crippen LogP contribution in [0.1, 0.15) is 50.5 Å². The Balaban J connectivity index is 1.71. The summed E-state index contributed by atoms with van der Waals surface area (Å²) >= 11 is 6.04. The Hall–Kier alpha value is -0.570. The summed E-state index contributed by atoms with van der Waals surface area (Å²) < 4.78 is 0. The molecular formula is C17H26ClNO. The van der Waals surface area contributed by atoms with Crippen molar-refractivity contribution in [1.29, 1.82) is 0 Å². The first-order valence-corrected chi connectivity index (χ1v) is 8.20. The van der Waals surface area contributed by atoms with E-state index < -0.39 is 0 Å². The average Bonchev–Trinajstić information content (AvgIpc) is 2.37. The quantitative estimate of drug-likeness (QED) is 0.760. The molecule has 1 atom stereocenters. The lowest BCUT2D eigenvalue weighted by Crippen LogP contribution is -2.42. The molecule has 2 N–H and O–H groups in total. The van der Waals surface area contributed by atoms with E-state index in [1.807, 2.05) is 12.1 Å². The minimum Gasteiger partial charge on any atom is -0.396 e. The summed E-state index contributed by atoms with van der Waals surface area (Å²) in [4.78, 5) is 0. The van der Waals surface area contributed by atoms with E-state index in [1.165, 1.54) is 31.2 Å². The zero-order valence-corrected chi connectivity index (χ0v) is 13.1. The van der Waals surface area contributed by atoms with Gasteiger partial charge < -0.3 is 10.4 Å². The van der Waals surface area contributed by atoms with Gasteiger partial charge in [-0.05, 0) is 61.8 Å². The van der Waals surface area contributed by atoms with E-state index in [1.54, 1.807) is 0 Å². The Morgan fingerprint density at radius 3 is 2.80 bits per heavy atom. The molecule has 0 spiro atoms. The molecule has 2 nitrogen and oxygen atoms in total. The van der Waals surface area contributed by atoms with Gasteiger partial charge in [-0.25, -0.2) is 0 Å². The highest BCUT2D eigenvalue weighted by atomic mass is 35.5. The first-order valence-electron chi connectivity index (χ1n) is 7.82. The number of benzene rings is 1. The van der Waals surface area contributed by atoms with Crippen molar-refractivity contribution in [2.75, 3.05) is 13.2 Å². The molecule has 112 valence electrons. The molecule has 2 rings (SSSR count). The molecule has 1 aromatic carbocycles. The first kappa shape index (κ1) is 15.8. The fourth-order valence-electron chi connectivity index (χ4n) is 3.09. The SMILES string of the molecule is CCCC(CCO)CNC1CC(c2cccc(Cl)c2)C1. The molecule has 0 radical (unpaired) electrons. The number of rotatable bonds is 8. The molecule has 0 amide bonds. The smallest absolute Gasteiger partial charge is 0.0434 e. The van der Waals surface area contributed by atoms with Crippen molar-refractivity contribution >= 4 is 11.6 Å². The standard InChI is InChI=1S/C17H26ClNO/c1-2-4-13(7-8-20)12-19-17-10-15(11-17)14-5-3-6-16(18)9-14/h3,5-6,9,13,15,17,19-20H,2,4,7-8,10-12H2,1H3. The number of hydrogen-bond donors (Lipinski definition) is 2. The molecule has 1 unspecified atom stereocenters. The minimum absolute atomic E-state index is 0.308. The molecule has 1 fully saturated rings. The molecular weight excluding hydrogens is 270 g/mol. The Kier molecular flexibility index (Phi) is 6.34. The zero-order chi connectivity index (χ0) is 14.4. The Morgan fingerprint density at radius 2 is 2.15 bits per heavy atom. The molecule has 1 aromatic rings. The van der Waals surface area contributed by atoms with Crippen LogP contribution >= 0.6 is 11.6 Å². The average molecular weight is 296 g/mol. The molecule has 20 heavy (non-hydrogen) atoms. The van der Waals surface area contributed by atoms with Gasteiger partial charge in [0.25, 0.3) is 0 Å². The van der Waals surface area contributed by atoms with Crippen molar-refractivity contribution in [1.82, 2.24) is 5.32 Å². The third-order valence-corrected chi connectivity index (χ3v) is 4.62. The monoisotopic (exact) mass is 295 g/mol. The Morgan fingerprint density at radius 1 is 1.35 bits per heavy atom. The van der Waals surface area contributed by atoms with Crippen LogP contribution in [0, 0.1) is 5.92 Å². The van der Waals surface area contributed by atoms with Crippen LogP contribution in [0.2, 0.25) is 5.02 Å². The van der Waals surface area contributed by atoms with E-state index >= 15 is 0 Å². The van der Waals surface area contributed by atoms with Gasteiger partial charge in [0, 0.05) is 17.7 Å². The second-order valence-corrected chi connectivity index (χ2v) is 6.43. The third-order valence-electron chi connectivity index (χ3n) is 4.39. The van der Waals surface area contributed by atoms with Crippen molar-refractivity contribution in [3.63, 3.8) is 0 Å². The predicted molar refractivity (Wildman–Crippen MR) is 85.3 cm³/mol. The fourth-order valence-corrected chi connectivity index (χ4v) is 3.29. The molecule has 0 heterocycles. The van der Waals surface area contributed by atoms with Gasteiger partial charge in [-0.2, -0.15) is 0 Å². The number of aliphatic hydroxyl groups excluding tert-OH is 1. The van der Waals surface area contributed by atoms with Crippen LogP contribution in [0.4, 0.5) is 0 Å². The second kappa shape index (κ2) is 8.02. The molecule has 0 aliphatic heterocycles. The van der Waals surface area contributed by atoms with E-state index in [0.717, 1.165) is 18.0 Å². The van der Waals surface area contributed by atoms with Gasteiger partial charge in [0.1, 0.15) is 0 Å². The predicted octanol–water partition coefficient (Wildman–Crippen LogP) is 3.97. The lowest BCUT2D eigenvalue weighted by atomic mass is 9.75. The molecule has 0 aromatic heterocycles. The van der Waals surface area contributed by atoms with E-state index in [4.69, 9.17) is 16.7 Å². The number of aliphatic hydroxyl groups is 1. The van der Waals surface area contributed by atoms with Crippen molar-refractivity contribution < 1.29 is 5.11 Å². The highest BCUT2D eigenvalue weighted by molar-refractivity contribution is 6.30. The van der Waals surface area contributed by atoms with E-state index in [2.05, 4.69) is 24.4 Å². The van der Waals surface area contributed by atoms with Gasteiger partial charge in [0.15, 0.2) is 0 Å². The van der Waals surface area contributed by atoms with Crippen LogP contribution in [0.5, 0.6) is 0 Å². The molecule has 3 heteroatoms. The molecule has 1 aliphatic carbocycles. The van der Waals surface area contributed by atoms with Crippen molar-refractivity contribution in [3.05, 3.63) is 34.9 Å². The lowest BCUT2D eigenvalue weighted by Gasteiger charge is -2.37.